The van der Waals surface area contributed by atoms with E-state index in [2.05, 4.69) is 0 Å². The Labute approximate surface area is 115 Å². The molecule has 1 aromatic carbocycles. The summed E-state index contributed by atoms with van der Waals surface area (Å²) in [6.45, 7) is 0. The SMILES string of the molecule is COC1CCC(Oc2ccc(N)c(C(F)(F)F)c2)CC1. The Hall–Kier alpha value is -1.43. The van der Waals surface area contributed by atoms with E-state index >= 15 is 0 Å². The van der Waals surface area contributed by atoms with Crippen LogP contribution in [0.25, 0.3) is 0 Å². The Kier molecular flexibility index (Phi) is 4.42. The van der Waals surface area contributed by atoms with E-state index in [9.17, 15) is 13.2 Å². The highest BCUT2D eigenvalue weighted by molar-refractivity contribution is 5.52. The van der Waals surface area contributed by atoms with Crippen molar-refractivity contribution in [3.05, 3.63) is 23.8 Å². The number of hydrogen-bond donors (Lipinski definition) is 1. The van der Waals surface area contributed by atoms with Gasteiger partial charge in [0.2, 0.25) is 0 Å². The van der Waals surface area contributed by atoms with Gasteiger partial charge in [0, 0.05) is 12.8 Å². The minimum Gasteiger partial charge on any atom is -0.490 e. The van der Waals surface area contributed by atoms with Gasteiger partial charge in [-0.3, -0.25) is 0 Å². The average molecular weight is 289 g/mol. The normalized spacial score (nSPS) is 23.6. The summed E-state index contributed by atoms with van der Waals surface area (Å²) < 4.78 is 49.1. The van der Waals surface area contributed by atoms with Crippen molar-refractivity contribution in [3.63, 3.8) is 0 Å². The predicted octanol–water partition coefficient (Wildman–Crippen LogP) is 3.62. The van der Waals surface area contributed by atoms with Gasteiger partial charge in [-0.1, -0.05) is 0 Å². The maximum atomic E-state index is 12.8. The second kappa shape index (κ2) is 5.91. The zero-order valence-corrected chi connectivity index (χ0v) is 11.2. The van der Waals surface area contributed by atoms with Crippen molar-refractivity contribution in [3.8, 4) is 5.75 Å². The van der Waals surface area contributed by atoms with Crippen LogP contribution < -0.4 is 10.5 Å². The van der Waals surface area contributed by atoms with Crippen LogP contribution in [-0.4, -0.2) is 19.3 Å². The van der Waals surface area contributed by atoms with Crippen LogP contribution in [0.1, 0.15) is 31.2 Å². The Morgan fingerprint density at radius 3 is 2.25 bits per heavy atom. The molecule has 0 amide bonds. The average Bonchev–Trinajstić information content (AvgIpc) is 2.40. The molecule has 0 bridgehead atoms. The van der Waals surface area contributed by atoms with Crippen molar-refractivity contribution in [2.45, 2.75) is 44.1 Å². The molecule has 1 saturated carbocycles. The molecule has 0 aliphatic heterocycles. The molecule has 1 aromatic rings. The molecule has 0 spiro atoms. The molecule has 1 aliphatic carbocycles. The maximum absolute atomic E-state index is 12.8. The van der Waals surface area contributed by atoms with E-state index in [1.807, 2.05) is 0 Å². The van der Waals surface area contributed by atoms with Crippen LogP contribution in [0.3, 0.4) is 0 Å². The molecule has 112 valence electrons. The van der Waals surface area contributed by atoms with Crippen molar-refractivity contribution >= 4 is 5.69 Å². The van der Waals surface area contributed by atoms with Crippen LogP contribution in [-0.2, 0) is 10.9 Å². The first-order chi connectivity index (χ1) is 9.40. The molecule has 1 aliphatic rings. The fourth-order valence-electron chi connectivity index (χ4n) is 2.43. The van der Waals surface area contributed by atoms with Gasteiger partial charge in [0.15, 0.2) is 0 Å². The molecule has 0 radical (unpaired) electrons. The Balaban J connectivity index is 2.04. The van der Waals surface area contributed by atoms with E-state index in [1.165, 1.54) is 12.1 Å². The smallest absolute Gasteiger partial charge is 0.418 e. The molecule has 1 fully saturated rings. The summed E-state index contributed by atoms with van der Waals surface area (Å²) >= 11 is 0. The number of nitrogen functional groups attached to an aromatic ring is 1. The van der Waals surface area contributed by atoms with Gasteiger partial charge in [0.25, 0.3) is 0 Å². The third-order valence-electron chi connectivity index (χ3n) is 3.59. The highest BCUT2D eigenvalue weighted by atomic mass is 19.4. The highest BCUT2D eigenvalue weighted by Gasteiger charge is 2.33. The van der Waals surface area contributed by atoms with Gasteiger partial charge in [-0.15, -0.1) is 0 Å². The molecule has 3 nitrogen and oxygen atoms in total. The zero-order valence-electron chi connectivity index (χ0n) is 11.2. The van der Waals surface area contributed by atoms with E-state index in [1.54, 1.807) is 7.11 Å². The lowest BCUT2D eigenvalue weighted by atomic mass is 9.95. The minimum absolute atomic E-state index is 0.0638. The summed E-state index contributed by atoms with van der Waals surface area (Å²) in [6.07, 6.45) is -1.01. The summed E-state index contributed by atoms with van der Waals surface area (Å²) in [4.78, 5) is 0. The van der Waals surface area contributed by atoms with Crippen molar-refractivity contribution < 1.29 is 22.6 Å². The van der Waals surface area contributed by atoms with Crippen LogP contribution >= 0.6 is 0 Å². The van der Waals surface area contributed by atoms with Crippen LogP contribution in [0.15, 0.2) is 18.2 Å². The lowest BCUT2D eigenvalue weighted by Gasteiger charge is -2.28. The molecule has 2 N–H and O–H groups in total. The fraction of sp³-hybridized carbons (Fsp3) is 0.571. The summed E-state index contributed by atoms with van der Waals surface area (Å²) in [5.41, 5.74) is 4.22. The standard InChI is InChI=1S/C14H18F3NO2/c1-19-9-2-4-10(5-3-9)20-11-6-7-13(18)12(8-11)14(15,16)17/h6-10H,2-5,18H2,1H3. The van der Waals surface area contributed by atoms with Crippen LogP contribution in [0, 0.1) is 0 Å². The second-order valence-electron chi connectivity index (χ2n) is 5.00. The van der Waals surface area contributed by atoms with Gasteiger partial charge in [0.1, 0.15) is 5.75 Å². The lowest BCUT2D eigenvalue weighted by Crippen LogP contribution is -2.27. The molecule has 0 heterocycles. The third kappa shape index (κ3) is 3.56. The number of halogens is 3. The van der Waals surface area contributed by atoms with Gasteiger partial charge in [-0.2, -0.15) is 13.2 Å². The molecular formula is C14H18F3NO2. The van der Waals surface area contributed by atoms with Crippen molar-refractivity contribution in [1.82, 2.24) is 0 Å². The number of methoxy groups -OCH3 is 1. The van der Waals surface area contributed by atoms with Crippen molar-refractivity contribution in [2.24, 2.45) is 0 Å². The van der Waals surface area contributed by atoms with E-state index in [4.69, 9.17) is 15.2 Å². The van der Waals surface area contributed by atoms with Crippen LogP contribution in [0.4, 0.5) is 18.9 Å². The summed E-state index contributed by atoms with van der Waals surface area (Å²) in [6, 6.07) is 3.68. The van der Waals surface area contributed by atoms with E-state index < -0.39 is 11.7 Å². The first-order valence-corrected chi connectivity index (χ1v) is 6.56. The number of benzene rings is 1. The van der Waals surface area contributed by atoms with Gasteiger partial charge >= 0.3 is 6.18 Å². The minimum atomic E-state index is -4.46. The molecule has 20 heavy (non-hydrogen) atoms. The molecule has 0 unspecified atom stereocenters. The lowest BCUT2D eigenvalue weighted by molar-refractivity contribution is -0.137. The van der Waals surface area contributed by atoms with Crippen LogP contribution in [0.2, 0.25) is 0 Å². The number of nitrogens with two attached hydrogens (primary N) is 1. The third-order valence-corrected chi connectivity index (χ3v) is 3.59. The molecule has 2 rings (SSSR count). The summed E-state index contributed by atoms with van der Waals surface area (Å²) in [5.74, 6) is 0.215. The van der Waals surface area contributed by atoms with E-state index in [-0.39, 0.29) is 23.6 Å². The number of ether oxygens (including phenoxy) is 2. The molecule has 0 aromatic heterocycles. The van der Waals surface area contributed by atoms with Crippen molar-refractivity contribution in [2.75, 3.05) is 12.8 Å². The number of rotatable bonds is 3. The maximum Gasteiger partial charge on any atom is 0.418 e. The Morgan fingerprint density at radius 1 is 1.10 bits per heavy atom. The second-order valence-corrected chi connectivity index (χ2v) is 5.00. The van der Waals surface area contributed by atoms with Gasteiger partial charge < -0.3 is 15.2 Å². The molecular weight excluding hydrogens is 271 g/mol. The fourth-order valence-corrected chi connectivity index (χ4v) is 2.43. The largest absolute Gasteiger partial charge is 0.490 e. The summed E-state index contributed by atoms with van der Waals surface area (Å²) in [7, 11) is 1.67. The molecule has 6 heteroatoms. The monoisotopic (exact) mass is 289 g/mol. The quantitative estimate of drug-likeness (QED) is 0.864. The predicted molar refractivity (Wildman–Crippen MR) is 69.5 cm³/mol. The van der Waals surface area contributed by atoms with E-state index in [0.717, 1.165) is 31.7 Å². The number of alkyl halides is 3. The van der Waals surface area contributed by atoms with Gasteiger partial charge in [-0.25, -0.2) is 0 Å². The topological polar surface area (TPSA) is 44.5 Å². The number of hydrogen-bond acceptors (Lipinski definition) is 3. The van der Waals surface area contributed by atoms with Crippen molar-refractivity contribution in [1.29, 1.82) is 0 Å². The highest BCUT2D eigenvalue weighted by Crippen LogP contribution is 2.36. The van der Waals surface area contributed by atoms with Gasteiger partial charge in [-0.05, 0) is 43.9 Å². The van der Waals surface area contributed by atoms with Gasteiger partial charge in [0.05, 0.1) is 17.8 Å². The molecule has 0 saturated heterocycles. The summed E-state index contributed by atoms with van der Waals surface area (Å²) in [5, 5.41) is 0. The Bertz CT molecular complexity index is 454. The Morgan fingerprint density at radius 2 is 1.70 bits per heavy atom. The number of anilines is 1. The molecule has 0 atom stereocenters. The first kappa shape index (κ1) is 15.0. The zero-order chi connectivity index (χ0) is 14.8. The first-order valence-electron chi connectivity index (χ1n) is 6.56. The van der Waals surface area contributed by atoms with E-state index in [0.29, 0.717) is 0 Å². The van der Waals surface area contributed by atoms with Crippen LogP contribution in [0.5, 0.6) is 5.75 Å².